The molecule has 0 spiro atoms. The maximum atomic E-state index is 10.0. The van der Waals surface area contributed by atoms with Crippen molar-refractivity contribution in [1.82, 2.24) is 0 Å². The van der Waals surface area contributed by atoms with Gasteiger partial charge in [-0.1, -0.05) is 0 Å². The lowest BCUT2D eigenvalue weighted by atomic mass is 10.2. The Labute approximate surface area is 64.4 Å². The summed E-state index contributed by atoms with van der Waals surface area (Å²) >= 11 is 0. The Morgan fingerprint density at radius 2 is 1.00 bits per heavy atom. The molecule has 0 rings (SSSR count). The lowest BCUT2D eigenvalue weighted by Crippen LogP contribution is -1.97. The molecule has 0 unspecified atom stereocenters. The first kappa shape index (κ1) is 32.0. The summed E-state index contributed by atoms with van der Waals surface area (Å²) in [5.74, 6) is -0.125. The first-order valence-corrected chi connectivity index (χ1v) is 2.12. The standard InChI is InChI=1S/C5H8O2.4H2O/c1-4(6)3-5(2)7;;;;/h3H2,1-2H3;4*1H2. The highest BCUT2D eigenvalue weighted by molar-refractivity contribution is 5.96. The normalized spacial score (nSPS) is 5.27. The summed E-state index contributed by atoms with van der Waals surface area (Å²) in [6.07, 6.45) is 0.0833. The molecule has 0 aliphatic heterocycles. The van der Waals surface area contributed by atoms with Crippen molar-refractivity contribution in [3.05, 3.63) is 0 Å². The Morgan fingerprint density at radius 1 is 0.818 bits per heavy atom. The van der Waals surface area contributed by atoms with Crippen LogP contribution in [0.3, 0.4) is 0 Å². The topological polar surface area (TPSA) is 160 Å². The van der Waals surface area contributed by atoms with Gasteiger partial charge < -0.3 is 21.9 Å². The molecule has 6 nitrogen and oxygen atoms in total. The molecule has 0 fully saturated rings. The van der Waals surface area contributed by atoms with Crippen LogP contribution in [0.2, 0.25) is 0 Å². The van der Waals surface area contributed by atoms with Crippen LogP contribution in [0.5, 0.6) is 0 Å². The highest BCUT2D eigenvalue weighted by Gasteiger charge is 1.94. The molecular formula is C5H16O6. The van der Waals surface area contributed by atoms with Crippen LogP contribution in [-0.2, 0) is 9.59 Å². The van der Waals surface area contributed by atoms with Crippen molar-refractivity contribution >= 4 is 11.6 Å². The third kappa shape index (κ3) is 46.8. The summed E-state index contributed by atoms with van der Waals surface area (Å²) in [4.78, 5) is 20.1. The van der Waals surface area contributed by atoms with Gasteiger partial charge in [0, 0.05) is 0 Å². The van der Waals surface area contributed by atoms with E-state index in [-0.39, 0.29) is 39.9 Å². The van der Waals surface area contributed by atoms with Gasteiger partial charge >= 0.3 is 0 Å². The van der Waals surface area contributed by atoms with E-state index in [0.29, 0.717) is 0 Å². The number of hydrogen-bond acceptors (Lipinski definition) is 2. The molecule has 11 heavy (non-hydrogen) atoms. The zero-order valence-electron chi connectivity index (χ0n) is 6.52. The van der Waals surface area contributed by atoms with Gasteiger partial charge in [-0.15, -0.1) is 0 Å². The molecule has 8 N–H and O–H groups in total. The van der Waals surface area contributed by atoms with E-state index < -0.39 is 0 Å². The third-order valence-corrected chi connectivity index (χ3v) is 0.498. The Bertz CT molecular complexity index is 87.1. The highest BCUT2D eigenvalue weighted by atomic mass is 16.1. The summed E-state index contributed by atoms with van der Waals surface area (Å²) in [5.41, 5.74) is 0. The fourth-order valence-corrected chi connectivity index (χ4v) is 0.351. The summed E-state index contributed by atoms with van der Waals surface area (Å²) < 4.78 is 0. The van der Waals surface area contributed by atoms with Gasteiger partial charge in [0.25, 0.3) is 0 Å². The second-order valence-corrected chi connectivity index (χ2v) is 1.58. The molecule has 0 bridgehead atoms. The Balaban J connectivity index is -0.0000000300. The Hall–Kier alpha value is -0.820. The van der Waals surface area contributed by atoms with Crippen LogP contribution in [0, 0.1) is 0 Å². The predicted molar refractivity (Wildman–Crippen MR) is 40.4 cm³/mol. The fraction of sp³-hybridized carbons (Fsp3) is 0.600. The summed E-state index contributed by atoms with van der Waals surface area (Å²) in [5, 5.41) is 0. The molecule has 0 amide bonds. The SMILES string of the molecule is CC(=O)CC(C)=O.O.O.O.O. The third-order valence-electron chi connectivity index (χ3n) is 0.498. The quantitative estimate of drug-likeness (QED) is 0.413. The minimum absolute atomic E-state index is 0. The molecule has 0 aromatic heterocycles. The Morgan fingerprint density at radius 3 is 1.00 bits per heavy atom. The molecule has 0 aromatic carbocycles. The number of hydrogen-bond donors (Lipinski definition) is 0. The molecule has 0 heterocycles. The first-order valence-electron chi connectivity index (χ1n) is 2.12. The minimum Gasteiger partial charge on any atom is -0.412 e. The van der Waals surface area contributed by atoms with Crippen molar-refractivity contribution in [1.29, 1.82) is 0 Å². The number of carbonyl (C=O) groups excluding carboxylic acids is 2. The zero-order chi connectivity index (χ0) is 5.86. The maximum Gasteiger partial charge on any atom is 0.137 e. The van der Waals surface area contributed by atoms with Crippen molar-refractivity contribution in [2.75, 3.05) is 0 Å². The molecule has 0 saturated carbocycles. The molecule has 0 aromatic rings. The van der Waals surface area contributed by atoms with Crippen LogP contribution >= 0.6 is 0 Å². The van der Waals surface area contributed by atoms with Crippen molar-refractivity contribution in [2.24, 2.45) is 0 Å². The largest absolute Gasteiger partial charge is 0.412 e. The van der Waals surface area contributed by atoms with Crippen LogP contribution in [0.15, 0.2) is 0 Å². The number of carbonyl (C=O) groups is 2. The van der Waals surface area contributed by atoms with Gasteiger partial charge in [0.2, 0.25) is 0 Å². The van der Waals surface area contributed by atoms with E-state index in [9.17, 15) is 9.59 Å². The van der Waals surface area contributed by atoms with E-state index in [0.717, 1.165) is 0 Å². The number of ketones is 2. The Kier molecular flexibility index (Phi) is 46.7. The van der Waals surface area contributed by atoms with E-state index >= 15 is 0 Å². The van der Waals surface area contributed by atoms with Gasteiger partial charge in [-0.25, -0.2) is 0 Å². The first-order chi connectivity index (χ1) is 3.13. The van der Waals surface area contributed by atoms with E-state index in [1.54, 1.807) is 0 Å². The molecule has 6 heteroatoms. The highest BCUT2D eigenvalue weighted by Crippen LogP contribution is 1.80. The van der Waals surface area contributed by atoms with E-state index in [1.807, 2.05) is 0 Å². The van der Waals surface area contributed by atoms with Crippen LogP contribution in [0.25, 0.3) is 0 Å². The summed E-state index contributed by atoms with van der Waals surface area (Å²) in [7, 11) is 0. The molecule has 0 atom stereocenters. The lowest BCUT2D eigenvalue weighted by Gasteiger charge is -1.81. The van der Waals surface area contributed by atoms with Gasteiger partial charge in [-0.2, -0.15) is 0 Å². The number of rotatable bonds is 2. The second kappa shape index (κ2) is 16.1. The lowest BCUT2D eigenvalue weighted by molar-refractivity contribution is -0.124. The van der Waals surface area contributed by atoms with E-state index in [4.69, 9.17) is 0 Å². The van der Waals surface area contributed by atoms with Gasteiger partial charge in [0.05, 0.1) is 6.42 Å². The van der Waals surface area contributed by atoms with Gasteiger partial charge in [0.1, 0.15) is 11.6 Å². The average Bonchev–Trinajstić information content (AvgIpc) is 1.27. The molecule has 0 aliphatic rings. The molecule has 72 valence electrons. The summed E-state index contributed by atoms with van der Waals surface area (Å²) in [6, 6.07) is 0. The van der Waals surface area contributed by atoms with Crippen LogP contribution in [0.1, 0.15) is 20.3 Å². The molecule has 0 aliphatic carbocycles. The average molecular weight is 172 g/mol. The van der Waals surface area contributed by atoms with Gasteiger partial charge in [-0.3, -0.25) is 9.59 Å². The zero-order valence-corrected chi connectivity index (χ0v) is 6.52. The van der Waals surface area contributed by atoms with Crippen molar-refractivity contribution in [3.8, 4) is 0 Å². The minimum atomic E-state index is -0.0625. The molecule has 0 saturated heterocycles. The number of Topliss-reactive ketones (excluding diaryl/α,β-unsaturated/α-hetero) is 2. The van der Waals surface area contributed by atoms with Gasteiger partial charge in [0.15, 0.2) is 0 Å². The van der Waals surface area contributed by atoms with E-state index in [2.05, 4.69) is 0 Å². The second-order valence-electron chi connectivity index (χ2n) is 1.58. The summed E-state index contributed by atoms with van der Waals surface area (Å²) in [6.45, 7) is 2.81. The molecular weight excluding hydrogens is 156 g/mol. The van der Waals surface area contributed by atoms with Crippen LogP contribution < -0.4 is 0 Å². The van der Waals surface area contributed by atoms with Crippen LogP contribution in [-0.4, -0.2) is 33.5 Å². The van der Waals surface area contributed by atoms with E-state index in [1.165, 1.54) is 13.8 Å². The van der Waals surface area contributed by atoms with Crippen LogP contribution in [0.4, 0.5) is 0 Å². The van der Waals surface area contributed by atoms with Crippen molar-refractivity contribution in [2.45, 2.75) is 20.3 Å². The van der Waals surface area contributed by atoms with Crippen molar-refractivity contribution in [3.63, 3.8) is 0 Å². The molecule has 0 radical (unpaired) electrons. The predicted octanol–water partition coefficient (Wildman–Crippen LogP) is -2.74. The maximum absolute atomic E-state index is 10.0. The smallest absolute Gasteiger partial charge is 0.137 e. The van der Waals surface area contributed by atoms with Crippen molar-refractivity contribution < 1.29 is 31.5 Å². The fourth-order valence-electron chi connectivity index (χ4n) is 0.351. The van der Waals surface area contributed by atoms with Gasteiger partial charge in [-0.05, 0) is 13.8 Å². The monoisotopic (exact) mass is 172 g/mol.